The summed E-state index contributed by atoms with van der Waals surface area (Å²) in [5.74, 6) is 1.86. The minimum atomic E-state index is -1.07. The van der Waals surface area contributed by atoms with E-state index in [-0.39, 0.29) is 5.97 Å². The lowest BCUT2D eigenvalue weighted by Gasteiger charge is -2.42. The fourth-order valence-electron chi connectivity index (χ4n) is 5.99. The topological polar surface area (TPSA) is 57.2 Å². The number of fused-ring (bicyclic) bond motifs is 6. The minimum absolute atomic E-state index is 0.313. The van der Waals surface area contributed by atoms with Gasteiger partial charge in [-0.2, -0.15) is 0 Å². The molecule has 42 heavy (non-hydrogen) atoms. The number of esters is 1. The summed E-state index contributed by atoms with van der Waals surface area (Å²) < 4.78 is 24.2. The number of halogens is 1. The van der Waals surface area contributed by atoms with Crippen LogP contribution in [0.25, 0.3) is 6.08 Å². The van der Waals surface area contributed by atoms with Crippen LogP contribution in [0.2, 0.25) is 0 Å². The molecule has 1 spiro atoms. The largest absolute Gasteiger partial charge is 0.456 e. The highest BCUT2D eigenvalue weighted by molar-refractivity contribution is 6.17. The van der Waals surface area contributed by atoms with Gasteiger partial charge < -0.3 is 23.8 Å². The maximum atomic E-state index is 13.4. The third-order valence-electron chi connectivity index (χ3n) is 8.21. The van der Waals surface area contributed by atoms with Crippen LogP contribution in [0, 0.1) is 0 Å². The van der Waals surface area contributed by atoms with Gasteiger partial charge in [0.2, 0.25) is 0 Å². The van der Waals surface area contributed by atoms with Gasteiger partial charge in [0, 0.05) is 42.4 Å². The van der Waals surface area contributed by atoms with Crippen LogP contribution in [0.5, 0.6) is 11.5 Å². The summed E-state index contributed by atoms with van der Waals surface area (Å²) in [5, 5.41) is 0. The van der Waals surface area contributed by atoms with E-state index in [1.165, 1.54) is 6.42 Å². The molecule has 0 radical (unpaired) electrons. The zero-order valence-electron chi connectivity index (χ0n) is 24.0. The summed E-state index contributed by atoms with van der Waals surface area (Å²) >= 11 is 5.71. The van der Waals surface area contributed by atoms with E-state index in [2.05, 4.69) is 29.2 Å². The van der Waals surface area contributed by atoms with Crippen LogP contribution in [0.1, 0.15) is 71.1 Å². The van der Waals surface area contributed by atoms with E-state index in [0.29, 0.717) is 31.1 Å². The molecule has 6 nitrogen and oxygen atoms in total. The fraction of sp³-hybridized carbons (Fsp3) is 0.400. The second kappa shape index (κ2) is 13.3. The van der Waals surface area contributed by atoms with Crippen LogP contribution in [0.3, 0.4) is 0 Å². The highest BCUT2D eigenvalue weighted by Crippen LogP contribution is 2.58. The number of para-hydroxylation sites is 1. The van der Waals surface area contributed by atoms with Gasteiger partial charge in [0.05, 0.1) is 30.9 Å². The maximum absolute atomic E-state index is 13.4. The first-order valence-electron chi connectivity index (χ1n) is 15.1. The van der Waals surface area contributed by atoms with Gasteiger partial charge in [0.1, 0.15) is 11.5 Å². The first kappa shape index (κ1) is 28.8. The smallest absolute Gasteiger partial charge is 0.340 e. The third kappa shape index (κ3) is 5.68. The molecule has 1 fully saturated rings. The summed E-state index contributed by atoms with van der Waals surface area (Å²) in [7, 11) is 0. The lowest BCUT2D eigenvalue weighted by molar-refractivity contribution is 0.0225. The maximum Gasteiger partial charge on any atom is 0.340 e. The lowest BCUT2D eigenvalue weighted by atomic mass is 9.76. The number of carbonyl (C=O) groups is 1. The van der Waals surface area contributed by atoms with Crippen LogP contribution >= 0.6 is 11.6 Å². The Hall–Kier alpha value is -3.32. The minimum Gasteiger partial charge on any atom is -0.456 e. The number of rotatable bonds is 14. The molecule has 7 heteroatoms. The van der Waals surface area contributed by atoms with Gasteiger partial charge in [-0.15, -0.1) is 11.6 Å². The molecule has 1 saturated heterocycles. The van der Waals surface area contributed by atoms with Crippen molar-refractivity contribution in [1.29, 1.82) is 0 Å². The molecule has 1 unspecified atom stereocenters. The molecule has 0 aromatic heterocycles. The van der Waals surface area contributed by atoms with E-state index in [0.717, 1.165) is 91.4 Å². The molecular weight excluding hydrogens is 550 g/mol. The average molecular weight is 588 g/mol. The van der Waals surface area contributed by atoms with Crippen molar-refractivity contribution in [3.05, 3.63) is 94.6 Å². The van der Waals surface area contributed by atoms with E-state index in [1.807, 2.05) is 48.5 Å². The van der Waals surface area contributed by atoms with Crippen molar-refractivity contribution in [2.24, 2.45) is 0 Å². The molecule has 0 bridgehead atoms. The number of hydrogen-bond donors (Lipinski definition) is 0. The zero-order valence-corrected chi connectivity index (χ0v) is 24.7. The van der Waals surface area contributed by atoms with Crippen LogP contribution < -0.4 is 9.64 Å². The van der Waals surface area contributed by atoms with E-state index < -0.39 is 5.60 Å². The molecular formula is C35H38ClNO5. The molecule has 3 aromatic rings. The number of nitrogens with zero attached hydrogens (tertiary/aromatic N) is 1. The second-order valence-corrected chi connectivity index (χ2v) is 11.4. The number of unbranched alkanes of at least 4 members (excludes halogenated alkanes) is 3. The Morgan fingerprint density at radius 1 is 0.857 bits per heavy atom. The predicted octanol–water partition coefficient (Wildman–Crippen LogP) is 7.70. The van der Waals surface area contributed by atoms with Crippen molar-refractivity contribution in [1.82, 2.24) is 0 Å². The number of hydrogen-bond acceptors (Lipinski definition) is 6. The standard InChI is InChI=1S/C35H38ClNO5/c36-18-6-1-2-7-21-39-23-24-40-22-8-5-11-26-16-17-27-29(25-26)35(42-34(27)38)28-12-3-4-14-31(28)41-32-15-9-13-30(33(32)35)37-19-10-20-37/h3-5,9,11-17,25H,1-2,6-8,10,18-24H2. The molecule has 220 valence electrons. The Bertz CT molecular complexity index is 1430. The van der Waals surface area contributed by atoms with E-state index in [4.69, 9.17) is 30.5 Å². The molecule has 3 heterocycles. The van der Waals surface area contributed by atoms with Crippen LogP contribution in [-0.4, -0.2) is 51.4 Å². The van der Waals surface area contributed by atoms with Gasteiger partial charge in [-0.3, -0.25) is 0 Å². The van der Waals surface area contributed by atoms with Gasteiger partial charge in [-0.1, -0.05) is 55.3 Å². The number of alkyl halides is 1. The quantitative estimate of drug-likeness (QED) is 0.109. The van der Waals surface area contributed by atoms with Crippen molar-refractivity contribution < 1.29 is 23.7 Å². The number of ether oxygens (including phenoxy) is 4. The molecule has 0 amide bonds. The Morgan fingerprint density at radius 3 is 2.50 bits per heavy atom. The molecule has 0 N–H and O–H groups in total. The first-order valence-corrected chi connectivity index (χ1v) is 15.7. The van der Waals surface area contributed by atoms with E-state index in [1.54, 1.807) is 0 Å². The second-order valence-electron chi connectivity index (χ2n) is 11.0. The molecule has 3 aliphatic heterocycles. The van der Waals surface area contributed by atoms with Crippen molar-refractivity contribution in [3.63, 3.8) is 0 Å². The molecule has 1 atom stereocenters. The SMILES string of the molecule is O=C1OC2(c3ccccc3Oc3cccc(N4CCC4)c32)c2cc(C=CCCOCCOCCCCCCCl)ccc21. The fourth-order valence-corrected chi connectivity index (χ4v) is 6.18. The van der Waals surface area contributed by atoms with Gasteiger partial charge in [0.15, 0.2) is 5.60 Å². The molecule has 0 saturated carbocycles. The number of benzene rings is 3. The summed E-state index contributed by atoms with van der Waals surface area (Å²) in [4.78, 5) is 15.7. The van der Waals surface area contributed by atoms with Gasteiger partial charge >= 0.3 is 5.97 Å². The van der Waals surface area contributed by atoms with Crippen molar-refractivity contribution in [2.75, 3.05) is 50.3 Å². The van der Waals surface area contributed by atoms with E-state index in [9.17, 15) is 4.79 Å². The van der Waals surface area contributed by atoms with Crippen LogP contribution in [0.15, 0.2) is 66.7 Å². The molecule has 6 rings (SSSR count). The van der Waals surface area contributed by atoms with Crippen molar-refractivity contribution >= 4 is 29.3 Å². The number of carbonyl (C=O) groups excluding carboxylic acids is 1. The van der Waals surface area contributed by atoms with Crippen LogP contribution in [-0.2, 0) is 19.8 Å². The Kier molecular flexibility index (Phi) is 9.13. The van der Waals surface area contributed by atoms with Crippen LogP contribution in [0.4, 0.5) is 5.69 Å². The Labute approximate surface area is 253 Å². The normalized spacial score (nSPS) is 18.4. The molecule has 3 aromatic carbocycles. The number of anilines is 1. The Morgan fingerprint density at radius 2 is 1.67 bits per heavy atom. The summed E-state index contributed by atoms with van der Waals surface area (Å²) in [6, 6.07) is 19.9. The Balaban J connectivity index is 1.17. The third-order valence-corrected chi connectivity index (χ3v) is 8.48. The predicted molar refractivity (Wildman–Crippen MR) is 166 cm³/mol. The monoisotopic (exact) mass is 587 g/mol. The highest BCUT2D eigenvalue weighted by Gasteiger charge is 2.55. The van der Waals surface area contributed by atoms with Gasteiger partial charge in [0.25, 0.3) is 0 Å². The average Bonchev–Trinajstić information content (AvgIpc) is 3.26. The highest BCUT2D eigenvalue weighted by atomic mass is 35.5. The van der Waals surface area contributed by atoms with Crippen molar-refractivity contribution in [2.45, 2.75) is 44.1 Å². The lowest BCUT2D eigenvalue weighted by Crippen LogP contribution is -2.41. The van der Waals surface area contributed by atoms with E-state index >= 15 is 0 Å². The first-order chi connectivity index (χ1) is 20.7. The summed E-state index contributed by atoms with van der Waals surface area (Å²) in [6.07, 6.45) is 10.6. The van der Waals surface area contributed by atoms with Crippen molar-refractivity contribution in [3.8, 4) is 11.5 Å². The summed E-state index contributed by atoms with van der Waals surface area (Å²) in [6.45, 7) is 4.56. The molecule has 3 aliphatic rings. The zero-order chi connectivity index (χ0) is 28.8. The molecule has 0 aliphatic carbocycles. The van der Waals surface area contributed by atoms with Gasteiger partial charge in [-0.05, 0) is 61.6 Å². The summed E-state index contributed by atoms with van der Waals surface area (Å²) in [5.41, 5.74) is 4.20. The van der Waals surface area contributed by atoms with Gasteiger partial charge in [-0.25, -0.2) is 4.79 Å².